The molecule has 34 heavy (non-hydrogen) atoms. The molecule has 0 unspecified atom stereocenters. The summed E-state index contributed by atoms with van der Waals surface area (Å²) in [5, 5.41) is 26.9. The van der Waals surface area contributed by atoms with Crippen molar-refractivity contribution in [3.8, 4) is 17.2 Å². The second-order valence-electron chi connectivity index (χ2n) is 6.66. The van der Waals surface area contributed by atoms with E-state index in [1.807, 2.05) is 0 Å². The summed E-state index contributed by atoms with van der Waals surface area (Å²) in [4.78, 5) is 32.0. The second-order valence-corrected chi connectivity index (χ2v) is 6.66. The van der Waals surface area contributed by atoms with Crippen molar-refractivity contribution in [2.75, 3.05) is 19.6 Å². The van der Waals surface area contributed by atoms with Gasteiger partial charge in [-0.15, -0.1) is 0 Å². The Balaban J connectivity index is 0.000000473. The summed E-state index contributed by atoms with van der Waals surface area (Å²) in [6.07, 6.45) is 8.89. The third-order valence-electron chi connectivity index (χ3n) is 4.04. The normalized spacial score (nSPS) is 9.62. The maximum atomic E-state index is 10.7. The van der Waals surface area contributed by atoms with Crippen LogP contribution in [0.15, 0.2) is 69.8 Å². The number of pyridine rings is 3. The van der Waals surface area contributed by atoms with Gasteiger partial charge in [0.15, 0.2) is 17.2 Å². The fraction of sp³-hybridized carbons (Fsp3) is 0.286. The van der Waals surface area contributed by atoms with Gasteiger partial charge in [0.05, 0.1) is 0 Å². The Morgan fingerprint density at radius 2 is 0.794 bits per heavy atom. The molecular formula is C21H30GaN6O6. The largest absolute Gasteiger partial charge is 0.503 e. The Labute approximate surface area is 208 Å². The Kier molecular flexibility index (Phi) is 14.8. The van der Waals surface area contributed by atoms with Crippen LogP contribution in [0.25, 0.3) is 0 Å². The van der Waals surface area contributed by atoms with Crippen LogP contribution in [-0.2, 0) is 19.6 Å². The van der Waals surface area contributed by atoms with Gasteiger partial charge in [0, 0.05) is 114 Å². The summed E-state index contributed by atoms with van der Waals surface area (Å²) in [7, 11) is 0. The molecule has 0 bridgehead atoms. The quantitative estimate of drug-likeness (QED) is 0.197. The summed E-state index contributed by atoms with van der Waals surface area (Å²) in [6, 6.07) is 3.93. The van der Waals surface area contributed by atoms with Crippen LogP contribution >= 0.6 is 0 Å². The zero-order valence-electron chi connectivity index (χ0n) is 18.7. The molecule has 3 radical (unpaired) electrons. The van der Waals surface area contributed by atoms with E-state index in [0.29, 0.717) is 39.3 Å². The SMILES string of the molecule is NCCn1ccc(=O)c(O)c1.NCCn1ccc(=O)c(O)c1.NCCn1ccc(=O)c(O)c1.[Ga]. The van der Waals surface area contributed by atoms with Crippen LogP contribution in [0.1, 0.15) is 0 Å². The molecule has 3 rings (SSSR count). The van der Waals surface area contributed by atoms with Crippen LogP contribution in [0.5, 0.6) is 17.2 Å². The molecule has 0 spiro atoms. The molecule has 0 aliphatic rings. The van der Waals surface area contributed by atoms with E-state index in [0.717, 1.165) is 0 Å². The fourth-order valence-electron chi connectivity index (χ4n) is 2.40. The molecule has 183 valence electrons. The third kappa shape index (κ3) is 11.1. The van der Waals surface area contributed by atoms with Gasteiger partial charge in [0.25, 0.3) is 0 Å². The van der Waals surface area contributed by atoms with Gasteiger partial charge in [-0.2, -0.15) is 0 Å². The zero-order chi connectivity index (χ0) is 24.8. The fourth-order valence-corrected chi connectivity index (χ4v) is 2.40. The Morgan fingerprint density at radius 1 is 0.559 bits per heavy atom. The van der Waals surface area contributed by atoms with E-state index < -0.39 is 0 Å². The zero-order valence-corrected chi connectivity index (χ0v) is 21.1. The minimum absolute atomic E-state index is 0. The predicted molar refractivity (Wildman–Crippen MR) is 130 cm³/mol. The molecule has 13 heteroatoms. The van der Waals surface area contributed by atoms with Crippen molar-refractivity contribution >= 4 is 19.8 Å². The van der Waals surface area contributed by atoms with Crippen molar-refractivity contribution in [2.45, 2.75) is 19.6 Å². The minimum atomic E-state index is -0.363. The molecule has 3 heterocycles. The molecule has 12 nitrogen and oxygen atoms in total. The molecule has 0 saturated carbocycles. The molecule has 3 aromatic heterocycles. The molecule has 3 aromatic rings. The van der Waals surface area contributed by atoms with Gasteiger partial charge in [0.2, 0.25) is 16.3 Å². The van der Waals surface area contributed by atoms with Crippen LogP contribution in [0.3, 0.4) is 0 Å². The Bertz CT molecular complexity index is 1030. The van der Waals surface area contributed by atoms with Crippen LogP contribution in [0, 0.1) is 0 Å². The number of nitrogens with two attached hydrogens (primary N) is 3. The molecule has 0 aliphatic heterocycles. The van der Waals surface area contributed by atoms with Crippen LogP contribution < -0.4 is 33.5 Å². The Morgan fingerprint density at radius 3 is 0.971 bits per heavy atom. The van der Waals surface area contributed by atoms with Gasteiger partial charge in [0.1, 0.15) is 0 Å². The van der Waals surface area contributed by atoms with Gasteiger partial charge >= 0.3 is 0 Å². The van der Waals surface area contributed by atoms with Gasteiger partial charge in [-0.3, -0.25) is 14.4 Å². The summed E-state index contributed by atoms with van der Waals surface area (Å²) in [5.74, 6) is -0.706. The van der Waals surface area contributed by atoms with Crippen LogP contribution in [-0.4, -0.2) is 68.4 Å². The smallest absolute Gasteiger partial charge is 0.223 e. The average molecular weight is 532 g/mol. The van der Waals surface area contributed by atoms with E-state index in [1.54, 1.807) is 32.3 Å². The molecule has 0 atom stereocenters. The number of hydrogen-bond acceptors (Lipinski definition) is 9. The first-order chi connectivity index (χ1) is 15.7. The van der Waals surface area contributed by atoms with Crippen molar-refractivity contribution < 1.29 is 15.3 Å². The van der Waals surface area contributed by atoms with Gasteiger partial charge in [-0.05, 0) is 0 Å². The molecule has 0 amide bonds. The van der Waals surface area contributed by atoms with E-state index in [1.165, 1.54) is 36.8 Å². The molecule has 0 fully saturated rings. The number of aromatic nitrogens is 3. The standard InChI is InChI=1S/3C7H10N2O2.Ga/c3*8-2-4-9-3-1-6(10)7(11)5-9;/h3*1,3,5,11H,2,4,8H2;. The second kappa shape index (κ2) is 16.4. The third-order valence-corrected chi connectivity index (χ3v) is 4.04. The van der Waals surface area contributed by atoms with E-state index in [4.69, 9.17) is 32.5 Å². The van der Waals surface area contributed by atoms with Gasteiger partial charge < -0.3 is 46.2 Å². The Hall–Kier alpha value is -3.23. The van der Waals surface area contributed by atoms with Crippen molar-refractivity contribution in [1.82, 2.24) is 13.7 Å². The molecule has 0 aliphatic carbocycles. The summed E-state index contributed by atoms with van der Waals surface area (Å²) in [6.45, 7) is 3.28. The molecule has 0 aromatic carbocycles. The first-order valence-electron chi connectivity index (χ1n) is 9.99. The van der Waals surface area contributed by atoms with Crippen molar-refractivity contribution in [1.29, 1.82) is 0 Å². The van der Waals surface area contributed by atoms with E-state index >= 15 is 0 Å². The van der Waals surface area contributed by atoms with E-state index in [2.05, 4.69) is 0 Å². The first kappa shape index (κ1) is 30.8. The summed E-state index contributed by atoms with van der Waals surface area (Å²) >= 11 is 0. The van der Waals surface area contributed by atoms with Gasteiger partial charge in [-0.1, -0.05) is 0 Å². The number of hydrogen-bond donors (Lipinski definition) is 6. The molecule has 0 saturated heterocycles. The van der Waals surface area contributed by atoms with Crippen molar-refractivity contribution in [2.24, 2.45) is 17.2 Å². The van der Waals surface area contributed by atoms with E-state index in [9.17, 15) is 14.4 Å². The van der Waals surface area contributed by atoms with Crippen molar-refractivity contribution in [3.63, 3.8) is 0 Å². The number of nitrogens with zero attached hydrogens (tertiary/aromatic N) is 3. The maximum absolute atomic E-state index is 10.7. The van der Waals surface area contributed by atoms with E-state index in [-0.39, 0.29) is 53.3 Å². The molecular weight excluding hydrogens is 502 g/mol. The maximum Gasteiger partial charge on any atom is 0.223 e. The first-order valence-corrected chi connectivity index (χ1v) is 9.99. The monoisotopic (exact) mass is 531 g/mol. The van der Waals surface area contributed by atoms with Crippen LogP contribution in [0.4, 0.5) is 0 Å². The molecule has 9 N–H and O–H groups in total. The minimum Gasteiger partial charge on any atom is -0.503 e. The number of rotatable bonds is 6. The predicted octanol–water partition coefficient (Wildman–Crippen LogP) is -1.84. The average Bonchev–Trinajstić information content (AvgIpc) is 2.78. The van der Waals surface area contributed by atoms with Crippen LogP contribution in [0.2, 0.25) is 0 Å². The summed E-state index contributed by atoms with van der Waals surface area (Å²) in [5.41, 5.74) is 14.7. The van der Waals surface area contributed by atoms with Gasteiger partial charge in [-0.25, -0.2) is 0 Å². The topological polar surface area (TPSA) is 205 Å². The summed E-state index contributed by atoms with van der Waals surface area (Å²) < 4.78 is 4.99. The number of aromatic hydroxyl groups is 3. The van der Waals surface area contributed by atoms with Crippen molar-refractivity contribution in [3.05, 3.63) is 86.1 Å².